The molecule has 210 valence electrons. The van der Waals surface area contributed by atoms with Crippen LogP contribution in [0.15, 0.2) is 91.0 Å². The summed E-state index contributed by atoms with van der Waals surface area (Å²) in [7, 11) is 0. The van der Waals surface area contributed by atoms with Gasteiger partial charge >= 0.3 is 5.97 Å². The quantitative estimate of drug-likeness (QED) is 0.292. The van der Waals surface area contributed by atoms with Gasteiger partial charge in [0, 0.05) is 19.0 Å². The monoisotopic (exact) mass is 541 g/mol. The molecule has 2 amide bonds. The summed E-state index contributed by atoms with van der Waals surface area (Å²) in [4.78, 5) is 40.1. The average molecular weight is 542 g/mol. The third-order valence-corrected chi connectivity index (χ3v) is 7.38. The van der Waals surface area contributed by atoms with Gasteiger partial charge in [0.1, 0.15) is 18.2 Å². The molecule has 0 saturated heterocycles. The predicted molar refractivity (Wildman–Crippen MR) is 156 cm³/mol. The second-order valence-corrected chi connectivity index (χ2v) is 10.7. The van der Waals surface area contributed by atoms with E-state index in [1.165, 1.54) is 6.42 Å². The topological polar surface area (TPSA) is 96.5 Å². The molecule has 2 atom stereocenters. The Balaban J connectivity index is 1.51. The van der Waals surface area contributed by atoms with E-state index in [0.29, 0.717) is 18.5 Å². The molecule has 3 aromatic carbocycles. The van der Waals surface area contributed by atoms with E-state index in [9.17, 15) is 14.4 Å². The molecule has 0 radical (unpaired) electrons. The van der Waals surface area contributed by atoms with E-state index in [-0.39, 0.29) is 18.6 Å². The molecule has 0 aromatic heterocycles. The molecular weight excluding hydrogens is 502 g/mol. The zero-order valence-corrected chi connectivity index (χ0v) is 23.1. The van der Waals surface area contributed by atoms with Gasteiger partial charge in [-0.2, -0.15) is 0 Å². The minimum absolute atomic E-state index is 0.117. The van der Waals surface area contributed by atoms with Crippen LogP contribution >= 0.6 is 0 Å². The fourth-order valence-corrected chi connectivity index (χ4v) is 4.88. The number of carbonyl (C=O) groups excluding carboxylic acids is 3. The van der Waals surface area contributed by atoms with Gasteiger partial charge in [-0.1, -0.05) is 98.1 Å². The summed E-state index contributed by atoms with van der Waals surface area (Å²) >= 11 is 0. The lowest BCUT2D eigenvalue weighted by Crippen LogP contribution is -2.62. The predicted octanol–water partition coefficient (Wildman–Crippen LogP) is 4.57. The van der Waals surface area contributed by atoms with Gasteiger partial charge in [-0.25, -0.2) is 4.79 Å². The van der Waals surface area contributed by atoms with Crippen LogP contribution in [0.2, 0.25) is 0 Å². The molecule has 1 fully saturated rings. The maximum absolute atomic E-state index is 13.9. The first-order chi connectivity index (χ1) is 19.4. The number of esters is 1. The van der Waals surface area contributed by atoms with Crippen molar-refractivity contribution in [2.75, 3.05) is 6.61 Å². The van der Waals surface area contributed by atoms with Gasteiger partial charge in [-0.15, -0.1) is 0 Å². The van der Waals surface area contributed by atoms with Crippen molar-refractivity contribution in [2.45, 2.75) is 69.6 Å². The Morgan fingerprint density at radius 2 is 1.40 bits per heavy atom. The summed E-state index contributed by atoms with van der Waals surface area (Å²) in [6.07, 6.45) is 5.62. The second kappa shape index (κ2) is 14.4. The summed E-state index contributed by atoms with van der Waals surface area (Å²) in [5, 5.41) is 9.44. The summed E-state index contributed by atoms with van der Waals surface area (Å²) in [5.74, 6) is -1.13. The van der Waals surface area contributed by atoms with E-state index in [2.05, 4.69) is 16.0 Å². The number of amides is 2. The molecule has 1 aliphatic rings. The van der Waals surface area contributed by atoms with Crippen LogP contribution in [0.4, 0.5) is 0 Å². The van der Waals surface area contributed by atoms with Crippen LogP contribution in [-0.2, 0) is 27.3 Å². The molecule has 0 spiro atoms. The van der Waals surface area contributed by atoms with Crippen LogP contribution in [0.5, 0.6) is 0 Å². The molecule has 0 bridgehead atoms. The molecule has 7 heteroatoms. The molecule has 0 unspecified atom stereocenters. The lowest BCUT2D eigenvalue weighted by atomic mass is 9.94. The first-order valence-corrected chi connectivity index (χ1v) is 14.1. The summed E-state index contributed by atoms with van der Waals surface area (Å²) in [6, 6.07) is 27.4. The number of nitrogens with one attached hydrogen (secondary N) is 3. The Hall–Kier alpha value is -3.97. The number of ether oxygens (including phenoxy) is 1. The number of hydrogen-bond acceptors (Lipinski definition) is 5. The zero-order valence-electron chi connectivity index (χ0n) is 23.1. The number of hydrogen-bond donors (Lipinski definition) is 3. The highest BCUT2D eigenvalue weighted by atomic mass is 16.5. The molecular formula is C33H39N3O4. The first-order valence-electron chi connectivity index (χ1n) is 14.1. The molecule has 40 heavy (non-hydrogen) atoms. The minimum Gasteiger partial charge on any atom is -0.460 e. The Bertz CT molecular complexity index is 1230. The fourth-order valence-electron chi connectivity index (χ4n) is 4.88. The molecule has 4 rings (SSSR count). The van der Waals surface area contributed by atoms with E-state index in [4.69, 9.17) is 4.74 Å². The van der Waals surface area contributed by atoms with Gasteiger partial charge in [0.2, 0.25) is 11.8 Å². The van der Waals surface area contributed by atoms with Crippen LogP contribution in [-0.4, -0.2) is 42.0 Å². The third kappa shape index (κ3) is 8.52. The lowest BCUT2D eigenvalue weighted by molar-refractivity contribution is -0.134. The van der Waals surface area contributed by atoms with Gasteiger partial charge in [-0.3, -0.25) is 14.9 Å². The maximum atomic E-state index is 13.9. The van der Waals surface area contributed by atoms with Crippen LogP contribution < -0.4 is 16.0 Å². The Morgan fingerprint density at radius 3 is 2.02 bits per heavy atom. The van der Waals surface area contributed by atoms with Crippen LogP contribution in [0.3, 0.4) is 0 Å². The van der Waals surface area contributed by atoms with Gasteiger partial charge in [0.25, 0.3) is 0 Å². The van der Waals surface area contributed by atoms with Gasteiger partial charge in [-0.05, 0) is 43.0 Å². The number of benzene rings is 3. The van der Waals surface area contributed by atoms with Crippen molar-refractivity contribution < 1.29 is 19.1 Å². The Labute approximate surface area is 236 Å². The van der Waals surface area contributed by atoms with Crippen molar-refractivity contribution in [3.8, 4) is 0 Å². The first kappa shape index (κ1) is 29.0. The summed E-state index contributed by atoms with van der Waals surface area (Å²) in [5.41, 5.74) is 1.04. The van der Waals surface area contributed by atoms with E-state index in [1.807, 2.05) is 66.7 Å². The summed E-state index contributed by atoms with van der Waals surface area (Å²) < 4.78 is 5.62. The third-order valence-electron chi connectivity index (χ3n) is 7.38. The summed E-state index contributed by atoms with van der Waals surface area (Å²) in [6.45, 7) is 1.87. The fraction of sp³-hybridized carbons (Fsp3) is 0.364. The van der Waals surface area contributed by atoms with Crippen LogP contribution in [0, 0.1) is 0 Å². The van der Waals surface area contributed by atoms with E-state index < -0.39 is 23.5 Å². The second-order valence-electron chi connectivity index (χ2n) is 10.7. The molecule has 0 aliphatic heterocycles. The Kier molecular flexibility index (Phi) is 10.5. The Morgan fingerprint density at radius 1 is 0.825 bits per heavy atom. The molecule has 3 aromatic rings. The van der Waals surface area contributed by atoms with Crippen molar-refractivity contribution >= 4 is 17.8 Å². The van der Waals surface area contributed by atoms with E-state index in [1.54, 1.807) is 31.2 Å². The molecule has 7 nitrogen and oxygen atoms in total. The largest absolute Gasteiger partial charge is 0.460 e. The lowest BCUT2D eigenvalue weighted by Gasteiger charge is -2.32. The molecule has 3 N–H and O–H groups in total. The molecule has 0 heterocycles. The van der Waals surface area contributed by atoms with Gasteiger partial charge in [0.15, 0.2) is 0 Å². The zero-order chi connectivity index (χ0) is 28.2. The smallest absolute Gasteiger partial charge is 0.338 e. The van der Waals surface area contributed by atoms with E-state index >= 15 is 0 Å². The van der Waals surface area contributed by atoms with Gasteiger partial charge in [0.05, 0.1) is 5.56 Å². The van der Waals surface area contributed by atoms with Crippen molar-refractivity contribution in [1.82, 2.24) is 16.0 Å². The van der Waals surface area contributed by atoms with Crippen LogP contribution in [0.1, 0.15) is 60.5 Å². The number of rotatable bonds is 12. The SMILES string of the molecule is C[C@@](COC(=O)c1ccccc1)(NCc1ccccc1)C(=O)N[C@@H](Cc1ccccc1)C(=O)NC1CCCCC1. The van der Waals surface area contributed by atoms with Crippen molar-refractivity contribution in [2.24, 2.45) is 0 Å². The number of carbonyl (C=O) groups is 3. The maximum Gasteiger partial charge on any atom is 0.338 e. The normalized spacial score (nSPS) is 15.8. The van der Waals surface area contributed by atoms with E-state index in [0.717, 1.165) is 36.8 Å². The standard InChI is InChI=1S/C33H39N3O4/c1-33(34-23-26-16-8-3-9-17-26,24-40-31(38)27-18-10-4-11-19-27)32(39)36-29(22-25-14-6-2-7-15-25)30(37)35-28-20-12-5-13-21-28/h2-4,6-11,14-19,28-29,34H,5,12-13,20-24H2,1H3,(H,35,37)(H,36,39)/t29-,33-/m0/s1. The highest BCUT2D eigenvalue weighted by molar-refractivity contribution is 5.93. The molecule has 1 saturated carbocycles. The average Bonchev–Trinajstić information content (AvgIpc) is 3.00. The van der Waals surface area contributed by atoms with Crippen molar-refractivity contribution in [3.05, 3.63) is 108 Å². The van der Waals surface area contributed by atoms with Crippen molar-refractivity contribution in [1.29, 1.82) is 0 Å². The van der Waals surface area contributed by atoms with Crippen LogP contribution in [0.25, 0.3) is 0 Å². The minimum atomic E-state index is -1.29. The highest BCUT2D eigenvalue weighted by Crippen LogP contribution is 2.18. The highest BCUT2D eigenvalue weighted by Gasteiger charge is 2.37. The van der Waals surface area contributed by atoms with Crippen molar-refractivity contribution in [3.63, 3.8) is 0 Å². The van der Waals surface area contributed by atoms with Gasteiger partial charge < -0.3 is 15.4 Å². The molecule has 1 aliphatic carbocycles.